The second-order valence-electron chi connectivity index (χ2n) is 5.61. The minimum Gasteiger partial charge on any atom is -0.489 e. The Labute approximate surface area is 119 Å². The summed E-state index contributed by atoms with van der Waals surface area (Å²) in [5, 5.41) is 0.767. The summed E-state index contributed by atoms with van der Waals surface area (Å²) in [5.74, 6) is 2.20. The lowest BCUT2D eigenvalue weighted by molar-refractivity contribution is 0.295. The average molecular weight is 282 g/mol. The molecule has 2 atom stereocenters. The monoisotopic (exact) mass is 281 g/mol. The molecule has 0 saturated carbocycles. The standard InChI is InChI=1S/C15H20ClNO2/c1-9-3-4-10-11(16)8-13-15(14(10)12(17)7-9)19-6-2-5-18-13/h8-9,12H,2-7,17H2,1H3. The van der Waals surface area contributed by atoms with Crippen molar-refractivity contribution >= 4 is 11.6 Å². The number of hydrogen-bond donors (Lipinski definition) is 1. The van der Waals surface area contributed by atoms with Gasteiger partial charge in [-0.05, 0) is 30.7 Å². The van der Waals surface area contributed by atoms with Gasteiger partial charge in [0.15, 0.2) is 11.5 Å². The summed E-state index contributed by atoms with van der Waals surface area (Å²) in [7, 11) is 0. The van der Waals surface area contributed by atoms with Crippen molar-refractivity contribution in [3.8, 4) is 11.5 Å². The Hall–Kier alpha value is -0.930. The summed E-state index contributed by atoms with van der Waals surface area (Å²) in [6, 6.07) is 1.88. The van der Waals surface area contributed by atoms with Crippen molar-refractivity contribution in [2.24, 2.45) is 11.7 Å². The summed E-state index contributed by atoms with van der Waals surface area (Å²) in [6.07, 6.45) is 3.97. The molecule has 4 heteroatoms. The molecule has 1 aliphatic carbocycles. The first kappa shape index (κ1) is 13.1. The zero-order valence-electron chi connectivity index (χ0n) is 11.2. The van der Waals surface area contributed by atoms with E-state index in [1.807, 2.05) is 6.07 Å². The number of benzene rings is 1. The molecule has 0 radical (unpaired) electrons. The number of hydrogen-bond acceptors (Lipinski definition) is 3. The van der Waals surface area contributed by atoms with E-state index in [9.17, 15) is 0 Å². The molecule has 1 aromatic carbocycles. The first-order valence-electron chi connectivity index (χ1n) is 7.03. The molecule has 19 heavy (non-hydrogen) atoms. The molecule has 0 bridgehead atoms. The molecule has 2 N–H and O–H groups in total. The summed E-state index contributed by atoms with van der Waals surface area (Å²) < 4.78 is 11.6. The SMILES string of the molecule is CC1CCc2c(Cl)cc3c(c2C(N)C1)OCCCO3. The van der Waals surface area contributed by atoms with E-state index in [1.165, 1.54) is 0 Å². The first-order valence-corrected chi connectivity index (χ1v) is 7.41. The third-order valence-corrected chi connectivity index (χ3v) is 4.38. The van der Waals surface area contributed by atoms with Gasteiger partial charge in [0.1, 0.15) is 0 Å². The van der Waals surface area contributed by atoms with Gasteiger partial charge in [-0.1, -0.05) is 18.5 Å². The molecule has 0 fully saturated rings. The maximum atomic E-state index is 6.43. The van der Waals surface area contributed by atoms with Crippen LogP contribution in [0.4, 0.5) is 0 Å². The van der Waals surface area contributed by atoms with E-state index in [4.69, 9.17) is 26.8 Å². The maximum absolute atomic E-state index is 6.43. The second kappa shape index (κ2) is 5.22. The Morgan fingerprint density at radius 2 is 2.11 bits per heavy atom. The first-order chi connectivity index (χ1) is 9.16. The molecule has 1 aromatic rings. The van der Waals surface area contributed by atoms with Crippen LogP contribution in [0, 0.1) is 5.92 Å². The van der Waals surface area contributed by atoms with Gasteiger partial charge in [-0.2, -0.15) is 0 Å². The Bertz CT molecular complexity index is 490. The Kier molecular flexibility index (Phi) is 3.59. The Balaban J connectivity index is 2.14. The van der Waals surface area contributed by atoms with E-state index in [1.54, 1.807) is 0 Å². The molecule has 0 aromatic heterocycles. The summed E-state index contributed by atoms with van der Waals surface area (Å²) in [6.45, 7) is 3.60. The highest BCUT2D eigenvalue weighted by Gasteiger charge is 2.28. The molecule has 0 amide bonds. The van der Waals surface area contributed by atoms with Gasteiger partial charge < -0.3 is 15.2 Å². The third kappa shape index (κ3) is 2.41. The van der Waals surface area contributed by atoms with Crippen LogP contribution in [-0.4, -0.2) is 13.2 Å². The van der Waals surface area contributed by atoms with Crippen LogP contribution in [0.5, 0.6) is 11.5 Å². The normalized spacial score (nSPS) is 26.3. The number of rotatable bonds is 0. The zero-order chi connectivity index (χ0) is 13.4. The summed E-state index contributed by atoms with van der Waals surface area (Å²) in [5.41, 5.74) is 8.62. The fourth-order valence-corrected chi connectivity index (χ4v) is 3.34. The van der Waals surface area contributed by atoms with Crippen LogP contribution in [0.1, 0.15) is 43.4 Å². The summed E-state index contributed by atoms with van der Waals surface area (Å²) in [4.78, 5) is 0. The minimum atomic E-state index is -0.0124. The van der Waals surface area contributed by atoms with E-state index >= 15 is 0 Å². The predicted octanol–water partition coefficient (Wildman–Crippen LogP) is 3.47. The van der Waals surface area contributed by atoms with Crippen LogP contribution >= 0.6 is 11.6 Å². The highest BCUT2D eigenvalue weighted by Crippen LogP contribution is 2.45. The van der Waals surface area contributed by atoms with Gasteiger partial charge in [-0.3, -0.25) is 0 Å². The molecule has 3 nitrogen and oxygen atoms in total. The fourth-order valence-electron chi connectivity index (χ4n) is 3.04. The van der Waals surface area contributed by atoms with Gasteiger partial charge in [0.05, 0.1) is 13.2 Å². The van der Waals surface area contributed by atoms with Crippen molar-refractivity contribution in [2.45, 2.75) is 38.6 Å². The molecule has 2 aliphatic rings. The zero-order valence-corrected chi connectivity index (χ0v) is 12.0. The number of fused-ring (bicyclic) bond motifs is 3. The lowest BCUT2D eigenvalue weighted by Crippen LogP contribution is -2.15. The average Bonchev–Trinajstić information content (AvgIpc) is 2.67. The highest BCUT2D eigenvalue weighted by atomic mass is 35.5. The maximum Gasteiger partial charge on any atom is 0.166 e. The van der Waals surface area contributed by atoms with Crippen LogP contribution in [0.2, 0.25) is 5.02 Å². The number of ether oxygens (including phenoxy) is 2. The lowest BCUT2D eigenvalue weighted by atomic mass is 9.96. The molecule has 0 spiro atoms. The van der Waals surface area contributed by atoms with E-state index < -0.39 is 0 Å². The number of nitrogens with two attached hydrogens (primary N) is 1. The van der Waals surface area contributed by atoms with Gasteiger partial charge in [0.25, 0.3) is 0 Å². The van der Waals surface area contributed by atoms with Crippen LogP contribution in [0.25, 0.3) is 0 Å². The van der Waals surface area contributed by atoms with Gasteiger partial charge >= 0.3 is 0 Å². The highest BCUT2D eigenvalue weighted by molar-refractivity contribution is 6.31. The molecule has 2 unspecified atom stereocenters. The van der Waals surface area contributed by atoms with Crippen molar-refractivity contribution in [1.82, 2.24) is 0 Å². The van der Waals surface area contributed by atoms with E-state index in [-0.39, 0.29) is 6.04 Å². The molecule has 0 saturated heterocycles. The van der Waals surface area contributed by atoms with Crippen molar-refractivity contribution < 1.29 is 9.47 Å². The van der Waals surface area contributed by atoms with E-state index in [0.717, 1.165) is 53.3 Å². The van der Waals surface area contributed by atoms with Crippen molar-refractivity contribution in [3.63, 3.8) is 0 Å². The molecule has 104 valence electrons. The lowest BCUT2D eigenvalue weighted by Gasteiger charge is -2.20. The largest absolute Gasteiger partial charge is 0.489 e. The molecule has 1 heterocycles. The van der Waals surface area contributed by atoms with Gasteiger partial charge in [0, 0.05) is 29.1 Å². The molecular formula is C15H20ClNO2. The van der Waals surface area contributed by atoms with Crippen molar-refractivity contribution in [3.05, 3.63) is 22.2 Å². The van der Waals surface area contributed by atoms with Crippen LogP contribution in [0.15, 0.2) is 6.07 Å². The van der Waals surface area contributed by atoms with Crippen molar-refractivity contribution in [1.29, 1.82) is 0 Å². The second-order valence-corrected chi connectivity index (χ2v) is 6.02. The number of halogens is 1. The molecular weight excluding hydrogens is 262 g/mol. The van der Waals surface area contributed by atoms with E-state index in [2.05, 4.69) is 6.92 Å². The van der Waals surface area contributed by atoms with Crippen molar-refractivity contribution in [2.75, 3.05) is 13.2 Å². The smallest absolute Gasteiger partial charge is 0.166 e. The summed E-state index contributed by atoms with van der Waals surface area (Å²) >= 11 is 6.43. The quantitative estimate of drug-likeness (QED) is 0.741. The van der Waals surface area contributed by atoms with Crippen LogP contribution in [0.3, 0.4) is 0 Å². The fraction of sp³-hybridized carbons (Fsp3) is 0.600. The molecule has 1 aliphatic heterocycles. The Morgan fingerprint density at radius 3 is 2.95 bits per heavy atom. The third-order valence-electron chi connectivity index (χ3n) is 4.05. The van der Waals surface area contributed by atoms with Gasteiger partial charge in [-0.25, -0.2) is 0 Å². The topological polar surface area (TPSA) is 44.5 Å². The van der Waals surface area contributed by atoms with Crippen LogP contribution < -0.4 is 15.2 Å². The van der Waals surface area contributed by atoms with Crippen LogP contribution in [-0.2, 0) is 6.42 Å². The van der Waals surface area contributed by atoms with Gasteiger partial charge in [0.2, 0.25) is 0 Å². The molecule has 3 rings (SSSR count). The minimum absolute atomic E-state index is 0.0124. The van der Waals surface area contributed by atoms with E-state index in [0.29, 0.717) is 19.1 Å². The Morgan fingerprint density at radius 1 is 1.32 bits per heavy atom. The predicted molar refractivity (Wildman–Crippen MR) is 76.1 cm³/mol. The van der Waals surface area contributed by atoms with Gasteiger partial charge in [-0.15, -0.1) is 0 Å².